The summed E-state index contributed by atoms with van der Waals surface area (Å²) in [6, 6.07) is 0.699. The summed E-state index contributed by atoms with van der Waals surface area (Å²) in [5.74, 6) is -2.97. The highest BCUT2D eigenvalue weighted by atomic mass is 28.5. The van der Waals surface area contributed by atoms with Crippen LogP contribution in [-0.2, 0) is 17.8 Å². The van der Waals surface area contributed by atoms with Crippen LogP contribution in [0, 0.1) is 5.92 Å². The largest absolute Gasteiger partial charge is 0.481 e. The van der Waals surface area contributed by atoms with Crippen molar-refractivity contribution in [1.29, 1.82) is 0 Å². The first kappa shape index (κ1) is 33.1. The Balaban J connectivity index is -0.000000807. The van der Waals surface area contributed by atoms with Gasteiger partial charge in [-0.3, -0.25) is 9.59 Å². The Kier molecular flexibility index (Phi) is 16.3. The molecule has 1 unspecified atom stereocenters. The molecule has 160 valence electrons. The van der Waals surface area contributed by atoms with E-state index in [4.69, 9.17) is 18.4 Å². The molecule has 0 amide bonds. The second-order valence-electron chi connectivity index (χ2n) is 8.09. The average Bonchev–Trinajstić information content (AvgIpc) is 2.20. The molecule has 0 spiro atoms. The minimum absolute atomic E-state index is 0. The van der Waals surface area contributed by atoms with Crippen molar-refractivity contribution in [2.75, 3.05) is 0 Å². The standard InChI is InChI=1S/C14H32O6Si3.3CH4/c1-21(2,3)19-23(7,20-22(4,5)6)10-8-9-12(14(17)18)11-13(15)16;;;/h12H,8-11H2,1-7H3,(H,15,16)(H,17,18);3*1H4. The molecular formula is C17H44O6Si3. The summed E-state index contributed by atoms with van der Waals surface area (Å²) >= 11 is 0. The molecule has 0 saturated heterocycles. The Labute approximate surface area is 164 Å². The van der Waals surface area contributed by atoms with E-state index < -0.39 is 43.1 Å². The van der Waals surface area contributed by atoms with Crippen molar-refractivity contribution in [3.05, 3.63) is 0 Å². The van der Waals surface area contributed by atoms with Crippen molar-refractivity contribution in [3.8, 4) is 0 Å². The summed E-state index contributed by atoms with van der Waals surface area (Å²) < 4.78 is 12.7. The van der Waals surface area contributed by atoms with Gasteiger partial charge in [0.2, 0.25) is 0 Å². The van der Waals surface area contributed by atoms with Gasteiger partial charge < -0.3 is 18.4 Å². The Morgan fingerprint density at radius 2 is 1.23 bits per heavy atom. The average molecular weight is 429 g/mol. The SMILES string of the molecule is C.C.C.C[Si](C)(C)O[Si](C)(CCCC(CC(=O)O)C(=O)O)O[Si](C)(C)C. The number of rotatable bonds is 11. The number of hydrogen-bond donors (Lipinski definition) is 2. The number of aliphatic carboxylic acids is 2. The molecule has 0 saturated carbocycles. The lowest BCUT2D eigenvalue weighted by Crippen LogP contribution is -2.52. The van der Waals surface area contributed by atoms with Crippen LogP contribution < -0.4 is 0 Å². The van der Waals surface area contributed by atoms with Gasteiger partial charge in [0, 0.05) is 0 Å². The van der Waals surface area contributed by atoms with Crippen LogP contribution in [0.3, 0.4) is 0 Å². The number of hydrogen-bond acceptors (Lipinski definition) is 4. The van der Waals surface area contributed by atoms with Crippen LogP contribution in [0.25, 0.3) is 0 Å². The highest BCUT2D eigenvalue weighted by Crippen LogP contribution is 2.27. The Bertz CT molecular complexity index is 400. The van der Waals surface area contributed by atoms with Crippen LogP contribution in [0.2, 0.25) is 51.9 Å². The normalized spacial score (nSPS) is 12.9. The first-order valence-corrected chi connectivity index (χ1v) is 17.3. The van der Waals surface area contributed by atoms with E-state index in [2.05, 4.69) is 45.8 Å². The zero-order valence-corrected chi connectivity index (χ0v) is 18.4. The van der Waals surface area contributed by atoms with Gasteiger partial charge in [0.1, 0.15) is 0 Å². The van der Waals surface area contributed by atoms with Crippen molar-refractivity contribution in [1.82, 2.24) is 0 Å². The second-order valence-corrected chi connectivity index (χ2v) is 20.9. The summed E-state index contributed by atoms with van der Waals surface area (Å²) in [4.78, 5) is 21.9. The fraction of sp³-hybridized carbons (Fsp3) is 0.882. The van der Waals surface area contributed by atoms with Crippen LogP contribution >= 0.6 is 0 Å². The molecular weight excluding hydrogens is 384 g/mol. The third-order valence-electron chi connectivity index (χ3n) is 3.00. The smallest absolute Gasteiger partial charge is 0.314 e. The van der Waals surface area contributed by atoms with Gasteiger partial charge in [-0.25, -0.2) is 0 Å². The van der Waals surface area contributed by atoms with E-state index in [1.54, 1.807) is 0 Å². The second kappa shape index (κ2) is 12.8. The zero-order chi connectivity index (χ0) is 18.5. The lowest BCUT2D eigenvalue weighted by molar-refractivity contribution is -0.148. The van der Waals surface area contributed by atoms with Crippen molar-refractivity contribution in [2.24, 2.45) is 5.92 Å². The van der Waals surface area contributed by atoms with E-state index in [9.17, 15) is 9.59 Å². The quantitative estimate of drug-likeness (QED) is 0.414. The first-order valence-electron chi connectivity index (χ1n) is 7.98. The van der Waals surface area contributed by atoms with Crippen molar-refractivity contribution in [3.63, 3.8) is 0 Å². The lowest BCUT2D eigenvalue weighted by atomic mass is 10.0. The van der Waals surface area contributed by atoms with Crippen molar-refractivity contribution in [2.45, 2.75) is 93.4 Å². The van der Waals surface area contributed by atoms with Gasteiger partial charge >= 0.3 is 20.5 Å². The fourth-order valence-electron chi connectivity index (χ4n) is 2.61. The Hall–Kier alpha value is -0.489. The third kappa shape index (κ3) is 17.0. The predicted octanol–water partition coefficient (Wildman–Crippen LogP) is 5.63. The van der Waals surface area contributed by atoms with E-state index in [1.165, 1.54) is 0 Å². The molecule has 0 bridgehead atoms. The monoisotopic (exact) mass is 428 g/mol. The molecule has 26 heavy (non-hydrogen) atoms. The first-order chi connectivity index (χ1) is 10.1. The van der Waals surface area contributed by atoms with Crippen molar-refractivity contribution < 1.29 is 28.0 Å². The number of carbonyl (C=O) groups is 2. The maximum Gasteiger partial charge on any atom is 0.314 e. The van der Waals surface area contributed by atoms with E-state index in [1.807, 2.05) is 0 Å². The van der Waals surface area contributed by atoms with Gasteiger partial charge in [-0.1, -0.05) is 28.7 Å². The summed E-state index contributed by atoms with van der Waals surface area (Å²) in [5.41, 5.74) is 0. The van der Waals surface area contributed by atoms with E-state index in [-0.39, 0.29) is 28.7 Å². The maximum atomic E-state index is 11.1. The van der Waals surface area contributed by atoms with Gasteiger partial charge in [0.25, 0.3) is 0 Å². The van der Waals surface area contributed by atoms with Crippen LogP contribution in [-0.4, -0.2) is 47.3 Å². The van der Waals surface area contributed by atoms with Crippen LogP contribution in [0.1, 0.15) is 41.5 Å². The summed E-state index contributed by atoms with van der Waals surface area (Å²) in [7, 11) is -5.92. The Morgan fingerprint density at radius 1 is 0.846 bits per heavy atom. The Morgan fingerprint density at radius 3 is 1.50 bits per heavy atom. The van der Waals surface area contributed by atoms with Crippen LogP contribution in [0.4, 0.5) is 0 Å². The molecule has 6 nitrogen and oxygen atoms in total. The molecule has 0 radical (unpaired) electrons. The summed E-state index contributed by atoms with van der Waals surface area (Å²) in [6.45, 7) is 14.8. The predicted molar refractivity (Wildman–Crippen MR) is 118 cm³/mol. The maximum absolute atomic E-state index is 11.1. The third-order valence-corrected chi connectivity index (χ3v) is 12.6. The molecule has 0 rings (SSSR count). The molecule has 0 aliphatic rings. The molecule has 0 aromatic carbocycles. The minimum Gasteiger partial charge on any atom is -0.481 e. The number of carboxylic acid groups (broad SMARTS) is 2. The summed E-state index contributed by atoms with van der Waals surface area (Å²) in [5, 5.41) is 17.9. The van der Waals surface area contributed by atoms with E-state index >= 15 is 0 Å². The van der Waals surface area contributed by atoms with Gasteiger partial charge in [-0.2, -0.15) is 0 Å². The fourth-order valence-corrected chi connectivity index (χ4v) is 15.2. The topological polar surface area (TPSA) is 93.1 Å². The highest BCUT2D eigenvalue weighted by Gasteiger charge is 2.40. The van der Waals surface area contributed by atoms with E-state index in [0.717, 1.165) is 0 Å². The van der Waals surface area contributed by atoms with Gasteiger partial charge in [0.15, 0.2) is 16.6 Å². The molecule has 2 N–H and O–H groups in total. The minimum atomic E-state index is -2.38. The molecule has 0 heterocycles. The molecule has 0 fully saturated rings. The van der Waals surface area contributed by atoms with Gasteiger partial charge in [-0.15, -0.1) is 0 Å². The van der Waals surface area contributed by atoms with E-state index in [0.29, 0.717) is 18.9 Å². The zero-order valence-electron chi connectivity index (χ0n) is 15.4. The van der Waals surface area contributed by atoms with Crippen LogP contribution in [0.15, 0.2) is 0 Å². The molecule has 1 atom stereocenters. The lowest BCUT2D eigenvalue weighted by Gasteiger charge is -2.38. The molecule has 0 aliphatic heterocycles. The molecule has 0 aromatic heterocycles. The molecule has 9 heteroatoms. The summed E-state index contributed by atoms with van der Waals surface area (Å²) in [6.07, 6.45) is 0.619. The van der Waals surface area contributed by atoms with Crippen LogP contribution in [0.5, 0.6) is 0 Å². The molecule has 0 aliphatic carbocycles. The van der Waals surface area contributed by atoms with Gasteiger partial charge in [0.05, 0.1) is 12.3 Å². The highest BCUT2D eigenvalue weighted by molar-refractivity contribution is 6.87. The number of carboxylic acids is 2. The van der Waals surface area contributed by atoms with Gasteiger partial charge in [-0.05, 0) is 58.3 Å². The molecule has 0 aromatic rings. The van der Waals surface area contributed by atoms with Crippen molar-refractivity contribution >= 4 is 37.1 Å².